The molecule has 1 fully saturated rings. The van der Waals surface area contributed by atoms with Crippen LogP contribution in [0, 0.1) is 5.92 Å². The van der Waals surface area contributed by atoms with E-state index in [1.807, 2.05) is 30.3 Å². The van der Waals surface area contributed by atoms with Crippen LogP contribution in [-0.2, 0) is 6.61 Å². The summed E-state index contributed by atoms with van der Waals surface area (Å²) in [5, 5.41) is 25.5. The lowest BCUT2D eigenvalue weighted by Crippen LogP contribution is -2.35. The normalized spacial score (nSPS) is 19.1. The van der Waals surface area contributed by atoms with Gasteiger partial charge in [0, 0.05) is 24.1 Å². The largest absolute Gasteiger partial charge is 0.389 e. The van der Waals surface area contributed by atoms with Crippen LogP contribution in [0.15, 0.2) is 40.9 Å². The fraction of sp³-hybridized carbons (Fsp3) is 0.333. The van der Waals surface area contributed by atoms with Gasteiger partial charge in [-0.1, -0.05) is 46.8 Å². The molecule has 1 aliphatic carbocycles. The molecule has 0 atom stereocenters. The lowest BCUT2D eigenvalue weighted by molar-refractivity contribution is 0.0926. The summed E-state index contributed by atoms with van der Waals surface area (Å²) in [5.41, 5.74) is 1.18. The van der Waals surface area contributed by atoms with E-state index in [0.717, 1.165) is 23.4 Å². The Bertz CT molecular complexity index is 887. The average Bonchev–Trinajstić information content (AvgIpc) is 3.31. The summed E-state index contributed by atoms with van der Waals surface area (Å²) >= 11 is 1.46. The van der Waals surface area contributed by atoms with Gasteiger partial charge in [-0.3, -0.25) is 4.79 Å². The molecule has 8 heteroatoms. The molecule has 7 nitrogen and oxygen atoms in total. The molecular weight excluding hydrogens is 352 g/mol. The van der Waals surface area contributed by atoms with Gasteiger partial charge in [-0.25, -0.2) is 0 Å². The zero-order valence-corrected chi connectivity index (χ0v) is 14.8. The van der Waals surface area contributed by atoms with Crippen LogP contribution in [0.3, 0.4) is 0 Å². The highest BCUT2D eigenvalue weighted by atomic mass is 32.1. The van der Waals surface area contributed by atoms with E-state index in [1.165, 1.54) is 11.3 Å². The predicted octanol–water partition coefficient (Wildman–Crippen LogP) is 2.61. The van der Waals surface area contributed by atoms with Gasteiger partial charge in [-0.15, -0.1) is 10.2 Å². The van der Waals surface area contributed by atoms with Crippen molar-refractivity contribution in [1.29, 1.82) is 0 Å². The number of benzene rings is 1. The van der Waals surface area contributed by atoms with E-state index in [9.17, 15) is 4.79 Å². The molecule has 2 heterocycles. The summed E-state index contributed by atoms with van der Waals surface area (Å²) in [6, 6.07) is 11.2. The number of amides is 1. The quantitative estimate of drug-likeness (QED) is 0.692. The topological polar surface area (TPSA) is 101 Å². The summed E-state index contributed by atoms with van der Waals surface area (Å²) in [6.07, 6.45) is 1.93. The minimum atomic E-state index is -0.224. The number of hydrogen-bond acceptors (Lipinski definition) is 7. The van der Waals surface area contributed by atoms with Crippen LogP contribution in [0.5, 0.6) is 0 Å². The molecule has 1 amide bonds. The molecule has 4 rings (SSSR count). The van der Waals surface area contributed by atoms with Crippen molar-refractivity contribution in [3.8, 4) is 11.3 Å². The lowest BCUT2D eigenvalue weighted by Gasteiger charge is -2.33. The number of aromatic nitrogens is 3. The highest BCUT2D eigenvalue weighted by Crippen LogP contribution is 2.42. The van der Waals surface area contributed by atoms with Gasteiger partial charge in [0.1, 0.15) is 10.0 Å². The van der Waals surface area contributed by atoms with Gasteiger partial charge in [0.25, 0.3) is 5.91 Å². The first kappa shape index (κ1) is 16.9. The van der Waals surface area contributed by atoms with Gasteiger partial charge in [-0.05, 0) is 18.8 Å². The Kier molecular flexibility index (Phi) is 4.77. The number of carbonyl (C=O) groups is 1. The van der Waals surface area contributed by atoms with Gasteiger partial charge in [0.15, 0.2) is 11.5 Å². The van der Waals surface area contributed by atoms with Crippen LogP contribution in [0.1, 0.15) is 39.3 Å². The number of carbonyl (C=O) groups excluding carboxylic acids is 1. The summed E-state index contributed by atoms with van der Waals surface area (Å²) in [7, 11) is 0. The van der Waals surface area contributed by atoms with Crippen molar-refractivity contribution in [2.75, 3.05) is 6.54 Å². The van der Waals surface area contributed by atoms with Crippen LogP contribution in [0.4, 0.5) is 0 Å². The summed E-state index contributed by atoms with van der Waals surface area (Å²) < 4.78 is 5.26. The summed E-state index contributed by atoms with van der Waals surface area (Å²) in [5.74, 6) is 1.16. The maximum absolute atomic E-state index is 12.2. The highest BCUT2D eigenvalue weighted by Gasteiger charge is 2.33. The molecule has 1 aliphatic rings. The fourth-order valence-electron chi connectivity index (χ4n) is 3.05. The van der Waals surface area contributed by atoms with Crippen molar-refractivity contribution >= 4 is 17.2 Å². The van der Waals surface area contributed by atoms with E-state index in [-0.39, 0.29) is 18.2 Å². The Hall–Kier alpha value is -2.58. The van der Waals surface area contributed by atoms with E-state index in [4.69, 9.17) is 9.63 Å². The van der Waals surface area contributed by atoms with Crippen molar-refractivity contribution in [1.82, 2.24) is 20.7 Å². The van der Waals surface area contributed by atoms with Gasteiger partial charge in [0.05, 0.1) is 6.61 Å². The molecule has 1 aromatic carbocycles. The van der Waals surface area contributed by atoms with Gasteiger partial charge < -0.3 is 14.9 Å². The molecule has 2 aromatic heterocycles. The van der Waals surface area contributed by atoms with E-state index in [2.05, 4.69) is 20.7 Å². The summed E-state index contributed by atoms with van der Waals surface area (Å²) in [4.78, 5) is 12.2. The SMILES string of the molecule is O=C(NC[C@H]1C[C@@H](c2nnc(CO)s2)C1)c1cc(-c2ccccc2)on1. The highest BCUT2D eigenvalue weighted by molar-refractivity contribution is 7.11. The molecule has 0 radical (unpaired) electrons. The maximum atomic E-state index is 12.2. The lowest BCUT2D eigenvalue weighted by atomic mass is 9.75. The van der Waals surface area contributed by atoms with Crippen molar-refractivity contribution in [2.45, 2.75) is 25.4 Å². The second-order valence-electron chi connectivity index (χ2n) is 6.38. The first-order chi connectivity index (χ1) is 12.7. The molecule has 0 unspecified atom stereocenters. The Morgan fingerprint density at radius 1 is 1.27 bits per heavy atom. The zero-order chi connectivity index (χ0) is 17.9. The number of rotatable bonds is 6. The van der Waals surface area contributed by atoms with Gasteiger partial charge in [-0.2, -0.15) is 0 Å². The minimum absolute atomic E-state index is 0.0630. The number of aliphatic hydroxyl groups is 1. The summed E-state index contributed by atoms with van der Waals surface area (Å²) in [6.45, 7) is 0.543. The number of nitrogens with one attached hydrogen (secondary N) is 1. The molecule has 0 bridgehead atoms. The second-order valence-corrected chi connectivity index (χ2v) is 7.47. The molecular formula is C18H18N4O3S. The first-order valence-electron chi connectivity index (χ1n) is 8.46. The van der Waals surface area contributed by atoms with Gasteiger partial charge in [0.2, 0.25) is 0 Å². The van der Waals surface area contributed by atoms with Crippen molar-refractivity contribution < 1.29 is 14.4 Å². The van der Waals surface area contributed by atoms with Crippen LogP contribution in [0.2, 0.25) is 0 Å². The Morgan fingerprint density at radius 2 is 2.08 bits per heavy atom. The van der Waals surface area contributed by atoms with Crippen molar-refractivity contribution in [3.05, 3.63) is 52.1 Å². The Morgan fingerprint density at radius 3 is 2.81 bits per heavy atom. The third-order valence-electron chi connectivity index (χ3n) is 4.56. The minimum Gasteiger partial charge on any atom is -0.389 e. The standard InChI is InChI=1S/C18H18N4O3S/c23-10-16-20-21-18(26-16)13-6-11(7-13)9-19-17(24)14-8-15(25-22-14)12-4-2-1-3-5-12/h1-5,8,11,13,23H,6-7,9-10H2,(H,19,24)/t11-,13+. The van der Waals surface area contributed by atoms with Crippen molar-refractivity contribution in [3.63, 3.8) is 0 Å². The predicted molar refractivity (Wildman–Crippen MR) is 95.6 cm³/mol. The fourth-order valence-corrected chi connectivity index (χ4v) is 3.88. The van der Waals surface area contributed by atoms with Crippen LogP contribution in [0.25, 0.3) is 11.3 Å². The van der Waals surface area contributed by atoms with Crippen molar-refractivity contribution in [2.24, 2.45) is 5.92 Å². The maximum Gasteiger partial charge on any atom is 0.273 e. The Balaban J connectivity index is 1.27. The van der Waals surface area contributed by atoms with E-state index in [1.54, 1.807) is 6.07 Å². The number of nitrogens with zero attached hydrogens (tertiary/aromatic N) is 3. The molecule has 3 aromatic rings. The van der Waals surface area contributed by atoms with Crippen LogP contribution >= 0.6 is 11.3 Å². The first-order valence-corrected chi connectivity index (χ1v) is 9.28. The second kappa shape index (κ2) is 7.35. The monoisotopic (exact) mass is 370 g/mol. The molecule has 2 N–H and O–H groups in total. The molecule has 0 spiro atoms. The molecule has 1 saturated carbocycles. The molecule has 0 aliphatic heterocycles. The third kappa shape index (κ3) is 3.51. The number of aliphatic hydroxyl groups excluding tert-OH is 1. The number of hydrogen-bond donors (Lipinski definition) is 2. The zero-order valence-electron chi connectivity index (χ0n) is 14.0. The molecule has 134 valence electrons. The van der Waals surface area contributed by atoms with Crippen LogP contribution in [-0.4, -0.2) is 32.9 Å². The third-order valence-corrected chi connectivity index (χ3v) is 5.63. The van der Waals surface area contributed by atoms with E-state index < -0.39 is 0 Å². The Labute approximate surface area is 154 Å². The van der Waals surface area contributed by atoms with E-state index in [0.29, 0.717) is 29.1 Å². The molecule has 0 saturated heterocycles. The smallest absolute Gasteiger partial charge is 0.273 e. The van der Waals surface area contributed by atoms with Gasteiger partial charge >= 0.3 is 0 Å². The average molecular weight is 370 g/mol. The van der Waals surface area contributed by atoms with Crippen LogP contribution < -0.4 is 5.32 Å². The molecule has 26 heavy (non-hydrogen) atoms. The van der Waals surface area contributed by atoms with E-state index >= 15 is 0 Å².